The van der Waals surface area contributed by atoms with Gasteiger partial charge in [0.25, 0.3) is 0 Å². The van der Waals surface area contributed by atoms with Gasteiger partial charge in [-0.2, -0.15) is 0 Å². The van der Waals surface area contributed by atoms with E-state index in [9.17, 15) is 9.18 Å². The highest BCUT2D eigenvalue weighted by Crippen LogP contribution is 2.27. The maximum atomic E-state index is 13.4. The highest BCUT2D eigenvalue weighted by Gasteiger charge is 2.23. The number of halogens is 1. The van der Waals surface area contributed by atoms with Gasteiger partial charge in [-0.05, 0) is 55.7 Å². The average molecular weight is 270 g/mol. The van der Waals surface area contributed by atoms with Gasteiger partial charge in [0, 0.05) is 11.1 Å². The lowest BCUT2D eigenvalue weighted by molar-refractivity contribution is 0.103. The first-order valence-electron chi connectivity index (χ1n) is 6.70. The van der Waals surface area contributed by atoms with Crippen LogP contribution < -0.4 is 4.74 Å². The molecule has 0 aromatic heterocycles. The van der Waals surface area contributed by atoms with Gasteiger partial charge in [0.05, 0.1) is 6.10 Å². The van der Waals surface area contributed by atoms with Crippen LogP contribution in [0.3, 0.4) is 0 Å². The number of ether oxygens (including phenoxy) is 1. The fraction of sp³-hybridized carbons (Fsp3) is 0.235. The molecule has 2 nitrogen and oxygen atoms in total. The van der Waals surface area contributed by atoms with Crippen LogP contribution in [-0.4, -0.2) is 11.9 Å². The average Bonchev–Trinajstić information content (AvgIpc) is 3.21. The van der Waals surface area contributed by atoms with Crippen molar-refractivity contribution in [2.45, 2.75) is 25.9 Å². The van der Waals surface area contributed by atoms with Crippen LogP contribution in [-0.2, 0) is 0 Å². The molecule has 3 heteroatoms. The lowest BCUT2D eigenvalue weighted by Gasteiger charge is -2.07. The Kier molecular flexibility index (Phi) is 3.26. The van der Waals surface area contributed by atoms with E-state index in [1.165, 1.54) is 12.1 Å². The Bertz CT molecular complexity index is 640. The molecule has 0 amide bonds. The number of carbonyl (C=O) groups is 1. The topological polar surface area (TPSA) is 26.3 Å². The summed E-state index contributed by atoms with van der Waals surface area (Å²) in [5.41, 5.74) is 1.62. The van der Waals surface area contributed by atoms with Gasteiger partial charge in [-0.15, -0.1) is 0 Å². The van der Waals surface area contributed by atoms with Crippen LogP contribution >= 0.6 is 0 Å². The van der Waals surface area contributed by atoms with Crippen molar-refractivity contribution in [3.05, 3.63) is 65.0 Å². The largest absolute Gasteiger partial charge is 0.490 e. The molecule has 20 heavy (non-hydrogen) atoms. The summed E-state index contributed by atoms with van der Waals surface area (Å²) in [6.07, 6.45) is 2.43. The molecule has 0 heterocycles. The summed E-state index contributed by atoms with van der Waals surface area (Å²) in [5, 5.41) is 0. The van der Waals surface area contributed by atoms with Crippen LogP contribution in [0.25, 0.3) is 0 Å². The van der Waals surface area contributed by atoms with Gasteiger partial charge < -0.3 is 4.74 Å². The summed E-state index contributed by atoms with van der Waals surface area (Å²) in [5.74, 6) is 0.124. The molecule has 2 aromatic carbocycles. The van der Waals surface area contributed by atoms with E-state index in [1.54, 1.807) is 31.2 Å². The summed E-state index contributed by atoms with van der Waals surface area (Å²) in [4.78, 5) is 12.4. The normalized spacial score (nSPS) is 14.1. The Morgan fingerprint density at radius 2 is 1.95 bits per heavy atom. The molecule has 1 saturated carbocycles. The summed E-state index contributed by atoms with van der Waals surface area (Å²) in [7, 11) is 0. The summed E-state index contributed by atoms with van der Waals surface area (Å²) < 4.78 is 19.1. The van der Waals surface area contributed by atoms with E-state index >= 15 is 0 Å². The maximum absolute atomic E-state index is 13.4. The van der Waals surface area contributed by atoms with Gasteiger partial charge in [-0.1, -0.05) is 12.1 Å². The Labute approximate surface area is 117 Å². The maximum Gasteiger partial charge on any atom is 0.193 e. The van der Waals surface area contributed by atoms with E-state index in [4.69, 9.17) is 4.74 Å². The van der Waals surface area contributed by atoms with Crippen molar-refractivity contribution >= 4 is 5.78 Å². The smallest absolute Gasteiger partial charge is 0.193 e. The first-order valence-corrected chi connectivity index (χ1v) is 6.70. The van der Waals surface area contributed by atoms with Crippen molar-refractivity contribution in [2.24, 2.45) is 0 Å². The molecule has 2 aromatic rings. The van der Waals surface area contributed by atoms with Gasteiger partial charge in [-0.3, -0.25) is 4.79 Å². The second-order valence-corrected chi connectivity index (χ2v) is 5.19. The predicted octanol–water partition coefficient (Wildman–Crippen LogP) is 3.91. The molecule has 1 aliphatic carbocycles. The molecule has 102 valence electrons. The fourth-order valence-electron chi connectivity index (χ4n) is 2.12. The van der Waals surface area contributed by atoms with Crippen LogP contribution in [0.5, 0.6) is 5.75 Å². The zero-order valence-electron chi connectivity index (χ0n) is 11.2. The Morgan fingerprint density at radius 3 is 2.65 bits per heavy atom. The van der Waals surface area contributed by atoms with E-state index in [1.807, 2.05) is 6.07 Å². The van der Waals surface area contributed by atoms with Crippen molar-refractivity contribution in [2.75, 3.05) is 0 Å². The van der Waals surface area contributed by atoms with E-state index < -0.39 is 5.82 Å². The van der Waals surface area contributed by atoms with Crippen LogP contribution in [0.4, 0.5) is 4.39 Å². The molecule has 0 aliphatic heterocycles. The standard InChI is InChI=1S/C17H15FO2/c1-11-7-13(9-14(18)8-11)17(19)12-3-2-4-16(10-12)20-15-5-6-15/h2-4,7-10,15H,5-6H2,1H3. The molecule has 0 atom stereocenters. The third-order valence-corrected chi connectivity index (χ3v) is 3.23. The number of carbonyl (C=O) groups excluding carboxylic acids is 1. The molecular formula is C17H15FO2. The Balaban J connectivity index is 1.88. The highest BCUT2D eigenvalue weighted by atomic mass is 19.1. The minimum absolute atomic E-state index is 0.186. The van der Waals surface area contributed by atoms with Gasteiger partial charge in [0.2, 0.25) is 0 Å². The molecule has 0 saturated heterocycles. The second kappa shape index (κ2) is 5.08. The van der Waals surface area contributed by atoms with E-state index in [2.05, 4.69) is 0 Å². The van der Waals surface area contributed by atoms with Crippen molar-refractivity contribution in [1.82, 2.24) is 0 Å². The first-order chi connectivity index (χ1) is 9.61. The number of hydrogen-bond acceptors (Lipinski definition) is 2. The lowest BCUT2D eigenvalue weighted by atomic mass is 10.0. The lowest BCUT2D eigenvalue weighted by Crippen LogP contribution is -2.04. The fourth-order valence-corrected chi connectivity index (χ4v) is 2.12. The molecule has 3 rings (SSSR count). The van der Waals surface area contributed by atoms with Crippen LogP contribution in [0.15, 0.2) is 42.5 Å². The minimum atomic E-state index is -0.390. The van der Waals surface area contributed by atoms with Crippen molar-refractivity contribution in [1.29, 1.82) is 0 Å². The predicted molar refractivity (Wildman–Crippen MR) is 74.7 cm³/mol. The quantitative estimate of drug-likeness (QED) is 0.787. The van der Waals surface area contributed by atoms with Gasteiger partial charge in [0.15, 0.2) is 5.78 Å². The molecule has 0 N–H and O–H groups in total. The van der Waals surface area contributed by atoms with Crippen molar-refractivity contribution < 1.29 is 13.9 Å². The molecule has 1 fully saturated rings. The third kappa shape index (κ3) is 2.87. The van der Waals surface area contributed by atoms with Gasteiger partial charge in [0.1, 0.15) is 11.6 Å². The van der Waals surface area contributed by atoms with E-state index in [-0.39, 0.29) is 11.9 Å². The molecule has 0 radical (unpaired) electrons. The zero-order chi connectivity index (χ0) is 14.1. The zero-order valence-corrected chi connectivity index (χ0v) is 11.2. The number of aryl methyl sites for hydroxylation is 1. The van der Waals surface area contributed by atoms with Crippen LogP contribution in [0.2, 0.25) is 0 Å². The second-order valence-electron chi connectivity index (χ2n) is 5.19. The highest BCUT2D eigenvalue weighted by molar-refractivity contribution is 6.09. The van der Waals surface area contributed by atoms with Crippen molar-refractivity contribution in [3.63, 3.8) is 0 Å². The summed E-state index contributed by atoms with van der Waals surface area (Å²) in [6.45, 7) is 1.77. The SMILES string of the molecule is Cc1cc(F)cc(C(=O)c2cccc(OC3CC3)c2)c1. The molecule has 0 bridgehead atoms. The van der Waals surface area contributed by atoms with Gasteiger partial charge >= 0.3 is 0 Å². The Hall–Kier alpha value is -2.16. The number of benzene rings is 2. The first kappa shape index (κ1) is 12.9. The van der Waals surface area contributed by atoms with E-state index in [0.29, 0.717) is 16.9 Å². The van der Waals surface area contributed by atoms with Crippen LogP contribution in [0.1, 0.15) is 34.3 Å². The van der Waals surface area contributed by atoms with Gasteiger partial charge in [-0.25, -0.2) is 4.39 Å². The number of hydrogen-bond donors (Lipinski definition) is 0. The molecule has 0 spiro atoms. The number of ketones is 1. The summed E-state index contributed by atoms with van der Waals surface area (Å²) >= 11 is 0. The Morgan fingerprint density at radius 1 is 1.15 bits per heavy atom. The van der Waals surface area contributed by atoms with Crippen LogP contribution in [0, 0.1) is 12.7 Å². The minimum Gasteiger partial charge on any atom is -0.490 e. The van der Waals surface area contributed by atoms with Crippen molar-refractivity contribution in [3.8, 4) is 5.75 Å². The third-order valence-electron chi connectivity index (χ3n) is 3.23. The molecule has 0 unspecified atom stereocenters. The molecular weight excluding hydrogens is 255 g/mol. The van der Waals surface area contributed by atoms with E-state index in [0.717, 1.165) is 18.4 Å². The number of rotatable bonds is 4. The molecule has 1 aliphatic rings. The monoisotopic (exact) mass is 270 g/mol. The summed E-state index contributed by atoms with van der Waals surface area (Å²) in [6, 6.07) is 11.4.